The maximum Gasteiger partial charge on any atom is 0.310 e. The first-order chi connectivity index (χ1) is 6.73. The molecular weight excluding hydrogens is 176 g/mol. The third-order valence-corrected chi connectivity index (χ3v) is 4.33. The number of aliphatic carboxylic acids is 1. The standard InChI is InChI=1S/C12H18O2/c13-11(14)12(9-3-4-9,10-5-6-10)7-8-1-2-8/h8-10H,1-7H2,(H,13,14). The van der Waals surface area contributed by atoms with Crippen molar-refractivity contribution >= 4 is 5.97 Å². The van der Waals surface area contributed by atoms with Crippen LogP contribution in [0, 0.1) is 23.2 Å². The van der Waals surface area contributed by atoms with Crippen LogP contribution in [0.15, 0.2) is 0 Å². The largest absolute Gasteiger partial charge is 0.481 e. The zero-order valence-electron chi connectivity index (χ0n) is 8.54. The second-order valence-electron chi connectivity index (χ2n) is 5.54. The van der Waals surface area contributed by atoms with E-state index in [9.17, 15) is 9.90 Å². The topological polar surface area (TPSA) is 37.3 Å². The summed E-state index contributed by atoms with van der Waals surface area (Å²) in [6.45, 7) is 0. The van der Waals surface area contributed by atoms with Gasteiger partial charge in [0.2, 0.25) is 0 Å². The lowest BCUT2D eigenvalue weighted by atomic mass is 9.73. The van der Waals surface area contributed by atoms with Crippen molar-refractivity contribution in [2.75, 3.05) is 0 Å². The highest BCUT2D eigenvalue weighted by molar-refractivity contribution is 5.76. The number of carbonyl (C=O) groups is 1. The lowest BCUT2D eigenvalue weighted by Gasteiger charge is -2.29. The summed E-state index contributed by atoms with van der Waals surface area (Å²) >= 11 is 0. The Balaban J connectivity index is 1.83. The molecule has 0 heterocycles. The van der Waals surface area contributed by atoms with Crippen LogP contribution in [-0.4, -0.2) is 11.1 Å². The lowest BCUT2D eigenvalue weighted by molar-refractivity contribution is -0.153. The normalized spacial score (nSPS) is 27.7. The lowest BCUT2D eigenvalue weighted by Crippen LogP contribution is -2.36. The molecule has 0 unspecified atom stereocenters. The van der Waals surface area contributed by atoms with E-state index in [4.69, 9.17) is 0 Å². The highest BCUT2D eigenvalue weighted by Crippen LogP contribution is 2.62. The molecule has 3 saturated carbocycles. The Hall–Kier alpha value is -0.530. The van der Waals surface area contributed by atoms with E-state index in [1.54, 1.807) is 0 Å². The number of hydrogen-bond donors (Lipinski definition) is 1. The van der Waals surface area contributed by atoms with Gasteiger partial charge in [0, 0.05) is 0 Å². The molecule has 78 valence electrons. The van der Waals surface area contributed by atoms with Gasteiger partial charge in [-0.2, -0.15) is 0 Å². The molecule has 0 amide bonds. The molecule has 3 aliphatic rings. The van der Waals surface area contributed by atoms with Crippen LogP contribution in [0.2, 0.25) is 0 Å². The van der Waals surface area contributed by atoms with Crippen molar-refractivity contribution in [3.8, 4) is 0 Å². The van der Waals surface area contributed by atoms with Crippen molar-refractivity contribution in [3.63, 3.8) is 0 Å². The van der Waals surface area contributed by atoms with E-state index in [-0.39, 0.29) is 5.41 Å². The van der Waals surface area contributed by atoms with Crippen LogP contribution >= 0.6 is 0 Å². The van der Waals surface area contributed by atoms with Gasteiger partial charge in [0.05, 0.1) is 5.41 Å². The Bertz CT molecular complexity index is 247. The molecule has 0 aromatic heterocycles. The van der Waals surface area contributed by atoms with Gasteiger partial charge >= 0.3 is 5.97 Å². The van der Waals surface area contributed by atoms with E-state index in [1.807, 2.05) is 0 Å². The quantitative estimate of drug-likeness (QED) is 0.730. The van der Waals surface area contributed by atoms with Gasteiger partial charge in [-0.25, -0.2) is 0 Å². The number of carboxylic acids is 1. The average molecular weight is 194 g/mol. The summed E-state index contributed by atoms with van der Waals surface area (Å²) in [6, 6.07) is 0. The molecule has 0 saturated heterocycles. The molecule has 14 heavy (non-hydrogen) atoms. The van der Waals surface area contributed by atoms with Crippen LogP contribution in [0.1, 0.15) is 44.9 Å². The minimum Gasteiger partial charge on any atom is -0.481 e. The first-order valence-electron chi connectivity index (χ1n) is 5.97. The maximum atomic E-state index is 11.5. The van der Waals surface area contributed by atoms with Crippen molar-refractivity contribution in [2.24, 2.45) is 23.2 Å². The molecule has 0 atom stereocenters. The molecule has 0 aliphatic heterocycles. The number of carboxylic acid groups (broad SMARTS) is 1. The summed E-state index contributed by atoms with van der Waals surface area (Å²) in [5, 5.41) is 9.52. The Morgan fingerprint density at radius 1 is 1.07 bits per heavy atom. The minimum atomic E-state index is -0.477. The SMILES string of the molecule is O=C(O)C(CC1CC1)(C1CC1)C1CC1. The van der Waals surface area contributed by atoms with Crippen molar-refractivity contribution < 1.29 is 9.90 Å². The molecule has 2 heteroatoms. The van der Waals surface area contributed by atoms with E-state index in [0.29, 0.717) is 11.8 Å². The Morgan fingerprint density at radius 3 is 1.86 bits per heavy atom. The van der Waals surface area contributed by atoms with E-state index in [1.165, 1.54) is 38.5 Å². The van der Waals surface area contributed by atoms with E-state index >= 15 is 0 Å². The average Bonchev–Trinajstić information content (AvgIpc) is 2.99. The summed E-state index contributed by atoms with van der Waals surface area (Å²) < 4.78 is 0. The van der Waals surface area contributed by atoms with Crippen molar-refractivity contribution in [1.29, 1.82) is 0 Å². The molecule has 0 aromatic carbocycles. The maximum absolute atomic E-state index is 11.5. The van der Waals surface area contributed by atoms with Gasteiger partial charge in [0.25, 0.3) is 0 Å². The monoisotopic (exact) mass is 194 g/mol. The van der Waals surface area contributed by atoms with Crippen LogP contribution in [0.3, 0.4) is 0 Å². The molecular formula is C12H18O2. The van der Waals surface area contributed by atoms with Gasteiger partial charge in [-0.05, 0) is 49.9 Å². The van der Waals surface area contributed by atoms with Crippen LogP contribution in [0.25, 0.3) is 0 Å². The fraction of sp³-hybridized carbons (Fsp3) is 0.917. The van der Waals surface area contributed by atoms with Crippen molar-refractivity contribution in [2.45, 2.75) is 44.9 Å². The molecule has 3 rings (SSSR count). The molecule has 3 aliphatic carbocycles. The molecule has 3 fully saturated rings. The summed E-state index contributed by atoms with van der Waals surface area (Å²) in [4.78, 5) is 11.5. The van der Waals surface area contributed by atoms with Crippen molar-refractivity contribution in [1.82, 2.24) is 0 Å². The van der Waals surface area contributed by atoms with Crippen LogP contribution in [0.4, 0.5) is 0 Å². The van der Waals surface area contributed by atoms with Crippen LogP contribution < -0.4 is 0 Å². The predicted molar refractivity (Wildman–Crippen MR) is 52.9 cm³/mol. The molecule has 0 aromatic rings. The smallest absolute Gasteiger partial charge is 0.310 e. The third-order valence-electron chi connectivity index (χ3n) is 4.33. The van der Waals surface area contributed by atoms with Gasteiger partial charge in [-0.3, -0.25) is 4.79 Å². The predicted octanol–water partition coefficient (Wildman–Crippen LogP) is 2.68. The van der Waals surface area contributed by atoms with E-state index < -0.39 is 5.97 Å². The first kappa shape index (κ1) is 8.75. The van der Waals surface area contributed by atoms with Crippen LogP contribution in [-0.2, 0) is 4.79 Å². The second kappa shape index (κ2) is 2.74. The summed E-state index contributed by atoms with van der Waals surface area (Å²) in [7, 11) is 0. The summed E-state index contributed by atoms with van der Waals surface area (Å²) in [6.07, 6.45) is 8.27. The summed E-state index contributed by atoms with van der Waals surface area (Å²) in [5.74, 6) is 1.35. The third kappa shape index (κ3) is 1.27. The van der Waals surface area contributed by atoms with Gasteiger partial charge in [-0.1, -0.05) is 12.8 Å². The number of rotatable bonds is 5. The zero-order valence-corrected chi connectivity index (χ0v) is 8.54. The van der Waals surface area contributed by atoms with Crippen molar-refractivity contribution in [3.05, 3.63) is 0 Å². The van der Waals surface area contributed by atoms with Gasteiger partial charge in [-0.15, -0.1) is 0 Å². The zero-order chi connectivity index (χ0) is 9.76. The van der Waals surface area contributed by atoms with E-state index in [2.05, 4.69) is 0 Å². The van der Waals surface area contributed by atoms with Gasteiger partial charge in [0.15, 0.2) is 0 Å². The highest BCUT2D eigenvalue weighted by atomic mass is 16.4. The molecule has 0 radical (unpaired) electrons. The molecule has 0 spiro atoms. The van der Waals surface area contributed by atoms with E-state index in [0.717, 1.165) is 12.3 Å². The fourth-order valence-electron chi connectivity index (χ4n) is 3.10. The highest BCUT2D eigenvalue weighted by Gasteiger charge is 2.60. The molecule has 0 bridgehead atoms. The Morgan fingerprint density at radius 2 is 1.57 bits per heavy atom. The Kier molecular flexibility index (Phi) is 1.71. The minimum absolute atomic E-state index is 0.277. The molecule has 2 nitrogen and oxygen atoms in total. The van der Waals surface area contributed by atoms with Crippen LogP contribution in [0.5, 0.6) is 0 Å². The summed E-state index contributed by atoms with van der Waals surface area (Å²) in [5.41, 5.74) is -0.277. The first-order valence-corrected chi connectivity index (χ1v) is 5.97. The Labute approximate surface area is 84.7 Å². The fourth-order valence-corrected chi connectivity index (χ4v) is 3.10. The number of hydrogen-bond acceptors (Lipinski definition) is 1. The molecule has 1 N–H and O–H groups in total. The van der Waals surface area contributed by atoms with Gasteiger partial charge in [0.1, 0.15) is 0 Å². The van der Waals surface area contributed by atoms with Gasteiger partial charge < -0.3 is 5.11 Å². The second-order valence-corrected chi connectivity index (χ2v) is 5.54.